The molecule has 1 heterocycles. The third kappa shape index (κ3) is 3.80. The Kier molecular flexibility index (Phi) is 4.96. The first-order valence-electron chi connectivity index (χ1n) is 6.61. The van der Waals surface area contributed by atoms with Gasteiger partial charge in [-0.05, 0) is 24.3 Å². The summed E-state index contributed by atoms with van der Waals surface area (Å²) in [5.74, 6) is -0.120. The van der Waals surface area contributed by atoms with Crippen molar-refractivity contribution in [3.63, 3.8) is 0 Å². The highest BCUT2D eigenvalue weighted by atomic mass is 32.1. The number of carbonyl (C=O) groups is 2. The van der Waals surface area contributed by atoms with E-state index in [0.717, 1.165) is 30.6 Å². The molecule has 4 nitrogen and oxygen atoms in total. The van der Waals surface area contributed by atoms with Crippen LogP contribution in [0.2, 0.25) is 0 Å². The minimum absolute atomic E-state index is 0.0693. The number of ether oxygens (including phenoxy) is 1. The van der Waals surface area contributed by atoms with Crippen molar-refractivity contribution in [1.82, 2.24) is 5.32 Å². The summed E-state index contributed by atoms with van der Waals surface area (Å²) in [6.07, 6.45) is 4.36. The second-order valence-electron chi connectivity index (χ2n) is 4.84. The lowest BCUT2D eigenvalue weighted by Gasteiger charge is -2.19. The van der Waals surface area contributed by atoms with Crippen molar-refractivity contribution in [3.8, 4) is 0 Å². The first-order valence-corrected chi connectivity index (χ1v) is 7.49. The van der Waals surface area contributed by atoms with Crippen LogP contribution in [0.1, 0.15) is 43.0 Å². The van der Waals surface area contributed by atoms with Crippen LogP contribution in [0.4, 0.5) is 0 Å². The molecule has 1 saturated carbocycles. The average molecular weight is 281 g/mol. The SMILES string of the molecule is COC(=O)CC(NC(=O)C1CCCC1)c1cccs1. The molecule has 0 spiro atoms. The normalized spacial score (nSPS) is 17.1. The van der Waals surface area contributed by atoms with Gasteiger partial charge in [0.15, 0.2) is 0 Å². The number of hydrogen-bond acceptors (Lipinski definition) is 4. The molecule has 1 aromatic rings. The summed E-state index contributed by atoms with van der Waals surface area (Å²) in [6.45, 7) is 0. The van der Waals surface area contributed by atoms with Crippen LogP contribution in [0.15, 0.2) is 17.5 Å². The summed E-state index contributed by atoms with van der Waals surface area (Å²) in [4.78, 5) is 24.6. The van der Waals surface area contributed by atoms with Crippen LogP contribution in [-0.4, -0.2) is 19.0 Å². The van der Waals surface area contributed by atoms with Gasteiger partial charge in [-0.15, -0.1) is 11.3 Å². The van der Waals surface area contributed by atoms with E-state index in [0.29, 0.717) is 0 Å². The van der Waals surface area contributed by atoms with Crippen molar-refractivity contribution in [2.45, 2.75) is 38.1 Å². The second-order valence-corrected chi connectivity index (χ2v) is 5.82. The lowest BCUT2D eigenvalue weighted by Crippen LogP contribution is -2.34. The molecule has 1 aliphatic carbocycles. The Labute approximate surface area is 117 Å². The highest BCUT2D eigenvalue weighted by Gasteiger charge is 2.26. The van der Waals surface area contributed by atoms with Crippen LogP contribution in [-0.2, 0) is 14.3 Å². The number of hydrogen-bond donors (Lipinski definition) is 1. The van der Waals surface area contributed by atoms with Crippen molar-refractivity contribution >= 4 is 23.2 Å². The van der Waals surface area contributed by atoms with Crippen LogP contribution in [0.5, 0.6) is 0 Å². The van der Waals surface area contributed by atoms with Crippen molar-refractivity contribution in [2.24, 2.45) is 5.92 Å². The zero-order valence-corrected chi connectivity index (χ0v) is 11.9. The molecule has 0 aromatic carbocycles. The number of amides is 1. The Morgan fingerprint density at radius 2 is 2.21 bits per heavy atom. The molecule has 1 aromatic heterocycles. The van der Waals surface area contributed by atoms with E-state index in [9.17, 15) is 9.59 Å². The largest absolute Gasteiger partial charge is 0.469 e. The molecule has 1 unspecified atom stereocenters. The monoisotopic (exact) mass is 281 g/mol. The van der Waals surface area contributed by atoms with E-state index >= 15 is 0 Å². The minimum Gasteiger partial charge on any atom is -0.469 e. The van der Waals surface area contributed by atoms with Crippen molar-refractivity contribution < 1.29 is 14.3 Å². The molecule has 1 N–H and O–H groups in total. The molecule has 19 heavy (non-hydrogen) atoms. The molecule has 1 amide bonds. The Morgan fingerprint density at radius 3 is 2.79 bits per heavy atom. The maximum Gasteiger partial charge on any atom is 0.307 e. The Morgan fingerprint density at radius 1 is 1.47 bits per heavy atom. The highest BCUT2D eigenvalue weighted by Crippen LogP contribution is 2.27. The Bertz CT molecular complexity index is 424. The molecule has 0 saturated heterocycles. The van der Waals surface area contributed by atoms with Gasteiger partial charge in [0.1, 0.15) is 0 Å². The number of carbonyl (C=O) groups excluding carboxylic acids is 2. The first kappa shape index (κ1) is 14.1. The fraction of sp³-hybridized carbons (Fsp3) is 0.571. The van der Waals surface area contributed by atoms with Crippen molar-refractivity contribution in [2.75, 3.05) is 7.11 Å². The van der Waals surface area contributed by atoms with E-state index in [4.69, 9.17) is 4.74 Å². The maximum absolute atomic E-state index is 12.2. The maximum atomic E-state index is 12.2. The Balaban J connectivity index is 2.00. The van der Waals surface area contributed by atoms with Crippen LogP contribution in [0.3, 0.4) is 0 Å². The highest BCUT2D eigenvalue weighted by molar-refractivity contribution is 7.10. The van der Waals surface area contributed by atoms with E-state index in [1.165, 1.54) is 7.11 Å². The summed E-state index contributed by atoms with van der Waals surface area (Å²) < 4.78 is 4.70. The van der Waals surface area contributed by atoms with Gasteiger partial charge in [0, 0.05) is 10.8 Å². The number of nitrogens with one attached hydrogen (secondary N) is 1. The van der Waals surface area contributed by atoms with Crippen LogP contribution in [0.25, 0.3) is 0 Å². The third-order valence-electron chi connectivity index (χ3n) is 3.53. The van der Waals surface area contributed by atoms with Crippen molar-refractivity contribution in [3.05, 3.63) is 22.4 Å². The zero-order chi connectivity index (χ0) is 13.7. The molecule has 1 atom stereocenters. The Hall–Kier alpha value is -1.36. The molecule has 1 fully saturated rings. The minimum atomic E-state index is -0.301. The number of rotatable bonds is 5. The molecule has 5 heteroatoms. The standard InChI is InChI=1S/C14H19NO3S/c1-18-13(16)9-11(12-7-4-8-19-12)15-14(17)10-5-2-3-6-10/h4,7-8,10-11H,2-3,5-6,9H2,1H3,(H,15,17). The van der Waals surface area contributed by atoms with Gasteiger partial charge in [0.2, 0.25) is 5.91 Å². The summed E-state index contributed by atoms with van der Waals surface area (Å²) in [5, 5.41) is 4.94. The first-order chi connectivity index (χ1) is 9.20. The fourth-order valence-corrected chi connectivity index (χ4v) is 3.22. The smallest absolute Gasteiger partial charge is 0.307 e. The zero-order valence-electron chi connectivity index (χ0n) is 11.1. The molecule has 0 aliphatic heterocycles. The predicted octanol–water partition coefficient (Wildman–Crippen LogP) is 2.66. The van der Waals surface area contributed by atoms with E-state index in [1.54, 1.807) is 11.3 Å². The molecule has 1 aliphatic rings. The van der Waals surface area contributed by atoms with Gasteiger partial charge in [-0.3, -0.25) is 9.59 Å². The van der Waals surface area contributed by atoms with Gasteiger partial charge < -0.3 is 10.1 Å². The van der Waals surface area contributed by atoms with Gasteiger partial charge in [-0.2, -0.15) is 0 Å². The molecule has 104 valence electrons. The summed E-state index contributed by atoms with van der Waals surface area (Å²) >= 11 is 1.55. The third-order valence-corrected chi connectivity index (χ3v) is 4.51. The van der Waals surface area contributed by atoms with Gasteiger partial charge >= 0.3 is 5.97 Å². The summed E-state index contributed by atoms with van der Waals surface area (Å²) in [5.41, 5.74) is 0. The van der Waals surface area contributed by atoms with E-state index in [-0.39, 0.29) is 30.3 Å². The number of esters is 1. The topological polar surface area (TPSA) is 55.4 Å². The summed E-state index contributed by atoms with van der Waals surface area (Å²) in [7, 11) is 1.37. The van der Waals surface area contributed by atoms with Crippen LogP contribution >= 0.6 is 11.3 Å². The van der Waals surface area contributed by atoms with Crippen LogP contribution < -0.4 is 5.32 Å². The number of thiophene rings is 1. The van der Waals surface area contributed by atoms with Gasteiger partial charge in [0.25, 0.3) is 0 Å². The van der Waals surface area contributed by atoms with Gasteiger partial charge in [-0.25, -0.2) is 0 Å². The lowest BCUT2D eigenvalue weighted by atomic mass is 10.1. The van der Waals surface area contributed by atoms with Crippen LogP contribution in [0, 0.1) is 5.92 Å². The summed E-state index contributed by atoms with van der Waals surface area (Å²) in [6, 6.07) is 3.60. The fourth-order valence-electron chi connectivity index (χ4n) is 2.44. The van der Waals surface area contributed by atoms with Gasteiger partial charge in [-0.1, -0.05) is 18.9 Å². The predicted molar refractivity (Wildman–Crippen MR) is 73.8 cm³/mol. The van der Waals surface area contributed by atoms with Crippen molar-refractivity contribution in [1.29, 1.82) is 0 Å². The van der Waals surface area contributed by atoms with E-state index < -0.39 is 0 Å². The molecule has 2 rings (SSSR count). The quantitative estimate of drug-likeness (QED) is 0.844. The molecule has 0 bridgehead atoms. The van der Waals surface area contributed by atoms with E-state index in [2.05, 4.69) is 5.32 Å². The molecule has 0 radical (unpaired) electrons. The van der Waals surface area contributed by atoms with Gasteiger partial charge in [0.05, 0.1) is 19.6 Å². The number of methoxy groups -OCH3 is 1. The average Bonchev–Trinajstić information content (AvgIpc) is 3.10. The second kappa shape index (κ2) is 6.70. The van der Waals surface area contributed by atoms with E-state index in [1.807, 2.05) is 17.5 Å². The molecular formula is C14H19NO3S. The molecular weight excluding hydrogens is 262 g/mol. The lowest BCUT2D eigenvalue weighted by molar-refractivity contribution is -0.141.